The molecule has 2 aromatic carbocycles. The first-order chi connectivity index (χ1) is 9.88. The summed E-state index contributed by atoms with van der Waals surface area (Å²) in [6, 6.07) is 9.35. The van der Waals surface area contributed by atoms with Crippen LogP contribution in [-0.4, -0.2) is 10.8 Å². The van der Waals surface area contributed by atoms with Gasteiger partial charge >= 0.3 is 0 Å². The molecule has 0 fully saturated rings. The first-order valence-electron chi connectivity index (χ1n) is 5.90. The van der Waals surface area contributed by atoms with E-state index in [-0.39, 0.29) is 16.3 Å². The quantitative estimate of drug-likeness (QED) is 0.636. The minimum absolute atomic E-state index is 0.00336. The number of carbonyl (C=O) groups excluding carboxylic acids is 1. The van der Waals surface area contributed by atoms with Crippen molar-refractivity contribution in [2.45, 2.75) is 6.92 Å². The van der Waals surface area contributed by atoms with Crippen molar-refractivity contribution in [2.24, 2.45) is 0 Å². The summed E-state index contributed by atoms with van der Waals surface area (Å²) in [5.41, 5.74) is 1.40. The van der Waals surface area contributed by atoms with Crippen LogP contribution in [0.5, 0.6) is 0 Å². The monoisotopic (exact) mass is 368 g/mol. The van der Waals surface area contributed by atoms with Gasteiger partial charge in [0.1, 0.15) is 5.02 Å². The number of halogens is 2. The third kappa shape index (κ3) is 3.59. The highest BCUT2D eigenvalue weighted by Crippen LogP contribution is 2.26. The van der Waals surface area contributed by atoms with Crippen molar-refractivity contribution < 1.29 is 9.72 Å². The van der Waals surface area contributed by atoms with Crippen molar-refractivity contribution in [3.63, 3.8) is 0 Å². The van der Waals surface area contributed by atoms with Crippen LogP contribution < -0.4 is 5.32 Å². The van der Waals surface area contributed by atoms with Crippen LogP contribution >= 0.6 is 27.5 Å². The highest BCUT2D eigenvalue weighted by Gasteiger charge is 2.16. The summed E-state index contributed by atoms with van der Waals surface area (Å²) in [4.78, 5) is 22.4. The number of nitrogens with zero attached hydrogens (tertiary/aromatic N) is 1. The summed E-state index contributed by atoms with van der Waals surface area (Å²) >= 11 is 9.06. The highest BCUT2D eigenvalue weighted by atomic mass is 79.9. The Bertz CT molecular complexity index is 734. The number of hydrogen-bond acceptors (Lipinski definition) is 3. The van der Waals surface area contributed by atoms with Crippen molar-refractivity contribution in [2.75, 3.05) is 5.32 Å². The van der Waals surface area contributed by atoms with Crippen LogP contribution in [0.15, 0.2) is 40.9 Å². The lowest BCUT2D eigenvalue weighted by Gasteiger charge is -2.09. The lowest BCUT2D eigenvalue weighted by atomic mass is 10.1. The topological polar surface area (TPSA) is 72.2 Å². The van der Waals surface area contributed by atoms with Crippen molar-refractivity contribution in [3.05, 3.63) is 67.1 Å². The average Bonchev–Trinajstić information content (AvgIpc) is 2.42. The Kier molecular flexibility index (Phi) is 4.59. The molecule has 0 saturated heterocycles. The fourth-order valence-electron chi connectivity index (χ4n) is 1.76. The van der Waals surface area contributed by atoms with Crippen molar-refractivity contribution >= 4 is 44.8 Å². The van der Waals surface area contributed by atoms with Crippen molar-refractivity contribution in [1.29, 1.82) is 0 Å². The zero-order valence-corrected chi connectivity index (χ0v) is 13.2. The fraction of sp³-hybridized carbons (Fsp3) is 0.0714. The molecular weight excluding hydrogens is 360 g/mol. The number of nitro groups is 1. The van der Waals surface area contributed by atoms with E-state index in [9.17, 15) is 14.9 Å². The molecule has 2 rings (SSSR count). The fourth-order valence-corrected chi connectivity index (χ4v) is 2.42. The summed E-state index contributed by atoms with van der Waals surface area (Å²) in [6.07, 6.45) is 0. The van der Waals surface area contributed by atoms with Crippen LogP contribution in [0.1, 0.15) is 15.9 Å². The van der Waals surface area contributed by atoms with Crippen LogP contribution in [0.2, 0.25) is 5.02 Å². The molecule has 0 spiro atoms. The molecule has 108 valence electrons. The first-order valence-corrected chi connectivity index (χ1v) is 7.07. The van der Waals surface area contributed by atoms with Gasteiger partial charge in [-0.3, -0.25) is 14.9 Å². The van der Waals surface area contributed by atoms with Gasteiger partial charge in [-0.05, 0) is 42.8 Å². The van der Waals surface area contributed by atoms with Gasteiger partial charge in [0.15, 0.2) is 0 Å². The van der Waals surface area contributed by atoms with Crippen molar-refractivity contribution in [1.82, 2.24) is 0 Å². The van der Waals surface area contributed by atoms with Crippen LogP contribution in [0.4, 0.5) is 11.4 Å². The average molecular weight is 370 g/mol. The number of carbonyl (C=O) groups is 1. The molecule has 0 aliphatic heterocycles. The standard InChI is InChI=1S/C14H10BrClN2O3/c1-8-6-10(15)3-5-12(8)17-14(19)9-2-4-11(16)13(7-9)18(20)21/h2-7H,1H3,(H,17,19). The largest absolute Gasteiger partial charge is 0.322 e. The molecular formula is C14H10BrClN2O3. The third-order valence-electron chi connectivity index (χ3n) is 2.84. The van der Waals surface area contributed by atoms with Crippen LogP contribution in [0, 0.1) is 17.0 Å². The summed E-state index contributed by atoms with van der Waals surface area (Å²) < 4.78 is 0.903. The van der Waals surface area contributed by atoms with Gasteiger partial charge in [-0.15, -0.1) is 0 Å². The zero-order chi connectivity index (χ0) is 15.6. The summed E-state index contributed by atoms with van der Waals surface area (Å²) in [5.74, 6) is -0.430. The SMILES string of the molecule is Cc1cc(Br)ccc1NC(=O)c1ccc(Cl)c([N+](=O)[O-])c1. The van der Waals surface area contributed by atoms with Crippen LogP contribution in [0.25, 0.3) is 0 Å². The Morgan fingerprint density at radius 3 is 2.62 bits per heavy atom. The zero-order valence-electron chi connectivity index (χ0n) is 10.9. The van der Waals surface area contributed by atoms with Gasteiger partial charge in [-0.2, -0.15) is 0 Å². The number of hydrogen-bond donors (Lipinski definition) is 1. The van der Waals surface area contributed by atoms with Crippen LogP contribution in [-0.2, 0) is 0 Å². The van der Waals surface area contributed by atoms with Gasteiger partial charge < -0.3 is 5.32 Å². The van der Waals surface area contributed by atoms with E-state index in [0.29, 0.717) is 5.69 Å². The number of amides is 1. The Morgan fingerprint density at radius 2 is 2.00 bits per heavy atom. The first kappa shape index (κ1) is 15.5. The van der Waals surface area contributed by atoms with E-state index in [4.69, 9.17) is 11.6 Å². The van der Waals surface area contributed by atoms with E-state index in [1.807, 2.05) is 13.0 Å². The van der Waals surface area contributed by atoms with Gasteiger partial charge in [0.2, 0.25) is 0 Å². The number of rotatable bonds is 3. The number of nitrogens with one attached hydrogen (secondary N) is 1. The lowest BCUT2D eigenvalue weighted by molar-refractivity contribution is -0.384. The van der Waals surface area contributed by atoms with Crippen LogP contribution in [0.3, 0.4) is 0 Å². The van der Waals surface area contributed by atoms with Gasteiger partial charge in [0.05, 0.1) is 4.92 Å². The molecule has 5 nitrogen and oxygen atoms in total. The molecule has 1 N–H and O–H groups in total. The molecule has 0 aliphatic carbocycles. The van der Waals surface area contributed by atoms with Crippen molar-refractivity contribution in [3.8, 4) is 0 Å². The van der Waals surface area contributed by atoms with Gasteiger partial charge in [-0.25, -0.2) is 0 Å². The molecule has 2 aromatic rings. The molecule has 1 amide bonds. The molecule has 0 saturated carbocycles. The second-order valence-corrected chi connectivity index (χ2v) is 5.66. The Labute approximate surface area is 134 Å². The maximum absolute atomic E-state index is 12.1. The minimum Gasteiger partial charge on any atom is -0.322 e. The summed E-state index contributed by atoms with van der Waals surface area (Å²) in [5, 5.41) is 13.5. The molecule has 0 aliphatic rings. The second kappa shape index (κ2) is 6.24. The predicted octanol–water partition coefficient (Wildman–Crippen LogP) is 4.57. The van der Waals surface area contributed by atoms with E-state index in [1.165, 1.54) is 12.1 Å². The van der Waals surface area contributed by atoms with Gasteiger partial charge in [-0.1, -0.05) is 27.5 Å². The second-order valence-electron chi connectivity index (χ2n) is 4.34. The third-order valence-corrected chi connectivity index (χ3v) is 3.65. The minimum atomic E-state index is -0.621. The van der Waals surface area contributed by atoms with E-state index in [0.717, 1.165) is 16.1 Å². The molecule has 21 heavy (non-hydrogen) atoms. The number of nitro benzene ring substituents is 1. The molecule has 7 heteroatoms. The van der Waals surface area contributed by atoms with E-state index in [2.05, 4.69) is 21.2 Å². The number of benzene rings is 2. The Balaban J connectivity index is 2.28. The van der Waals surface area contributed by atoms with E-state index < -0.39 is 10.8 Å². The highest BCUT2D eigenvalue weighted by molar-refractivity contribution is 9.10. The molecule has 0 radical (unpaired) electrons. The van der Waals surface area contributed by atoms with E-state index in [1.54, 1.807) is 12.1 Å². The molecule has 0 bridgehead atoms. The van der Waals surface area contributed by atoms with E-state index >= 15 is 0 Å². The smallest absolute Gasteiger partial charge is 0.288 e. The molecule has 0 aromatic heterocycles. The summed E-state index contributed by atoms with van der Waals surface area (Å²) in [7, 11) is 0. The Morgan fingerprint density at radius 1 is 1.29 bits per heavy atom. The maximum Gasteiger partial charge on any atom is 0.288 e. The number of aryl methyl sites for hydroxylation is 1. The maximum atomic E-state index is 12.1. The molecule has 0 unspecified atom stereocenters. The molecule has 0 atom stereocenters. The predicted molar refractivity (Wildman–Crippen MR) is 84.9 cm³/mol. The lowest BCUT2D eigenvalue weighted by Crippen LogP contribution is -2.13. The van der Waals surface area contributed by atoms with Gasteiger partial charge in [0.25, 0.3) is 11.6 Å². The van der Waals surface area contributed by atoms with Gasteiger partial charge in [0, 0.05) is 21.8 Å². The molecule has 0 heterocycles. The normalized spacial score (nSPS) is 10.2. The summed E-state index contributed by atoms with van der Waals surface area (Å²) in [6.45, 7) is 1.85. The Hall–Kier alpha value is -1.92. The number of anilines is 1.